The molecule has 0 heterocycles. The Morgan fingerprint density at radius 3 is 2.70 bits per heavy atom. The molecular weight excluding hydrogens is 120 g/mol. The summed E-state index contributed by atoms with van der Waals surface area (Å²) in [7, 11) is 0. The van der Waals surface area contributed by atoms with Gasteiger partial charge < -0.3 is 0 Å². The van der Waals surface area contributed by atoms with Crippen LogP contribution in [0.2, 0.25) is 0 Å². The summed E-state index contributed by atoms with van der Waals surface area (Å²) in [4.78, 5) is 0. The molecule has 0 aliphatic heterocycles. The molecule has 0 aromatic carbocycles. The second kappa shape index (κ2) is 2.61. The Bertz CT molecular complexity index is 151. The van der Waals surface area contributed by atoms with Gasteiger partial charge in [-0.25, -0.2) is 0 Å². The van der Waals surface area contributed by atoms with Crippen LogP contribution in [-0.4, -0.2) is 0 Å². The van der Waals surface area contributed by atoms with E-state index in [0.717, 1.165) is 0 Å². The maximum Gasteiger partial charge on any atom is -0.000481 e. The number of allylic oxidation sites excluding steroid dienone is 3. The molecule has 1 aliphatic rings. The Kier molecular flexibility index (Phi) is 1.98. The third-order valence-corrected chi connectivity index (χ3v) is 2.46. The van der Waals surface area contributed by atoms with E-state index < -0.39 is 0 Å². The maximum absolute atomic E-state index is 3.83. The lowest BCUT2D eigenvalue weighted by Crippen LogP contribution is -2.22. The van der Waals surface area contributed by atoms with Crippen molar-refractivity contribution in [1.82, 2.24) is 0 Å². The van der Waals surface area contributed by atoms with Gasteiger partial charge in [0.2, 0.25) is 0 Å². The molecule has 10 heavy (non-hydrogen) atoms. The van der Waals surface area contributed by atoms with Crippen LogP contribution >= 0.6 is 0 Å². The molecule has 1 rings (SSSR count). The summed E-state index contributed by atoms with van der Waals surface area (Å²) < 4.78 is 0. The van der Waals surface area contributed by atoms with Gasteiger partial charge in [0.1, 0.15) is 0 Å². The highest BCUT2D eigenvalue weighted by Crippen LogP contribution is 2.36. The van der Waals surface area contributed by atoms with E-state index in [1.165, 1.54) is 12.8 Å². The number of rotatable bonds is 1. The van der Waals surface area contributed by atoms with E-state index in [-0.39, 0.29) is 0 Å². The molecule has 1 aliphatic carbocycles. The van der Waals surface area contributed by atoms with Gasteiger partial charge in [-0.1, -0.05) is 32.1 Å². The molecule has 0 nitrogen and oxygen atoms in total. The van der Waals surface area contributed by atoms with Gasteiger partial charge in [0.15, 0.2) is 0 Å². The molecule has 0 aromatic heterocycles. The summed E-state index contributed by atoms with van der Waals surface area (Å²) in [5.74, 6) is 0.584. The predicted molar refractivity (Wildman–Crippen MR) is 45.8 cm³/mol. The first-order chi connectivity index (χ1) is 4.67. The van der Waals surface area contributed by atoms with Crippen LogP contribution in [-0.2, 0) is 0 Å². The lowest BCUT2D eigenvalue weighted by atomic mass is 9.72. The van der Waals surface area contributed by atoms with E-state index >= 15 is 0 Å². The Morgan fingerprint density at radius 2 is 2.30 bits per heavy atom. The molecule has 0 amide bonds. The number of hydrogen-bond donors (Lipinski definition) is 0. The van der Waals surface area contributed by atoms with Gasteiger partial charge >= 0.3 is 0 Å². The second-order valence-electron chi connectivity index (χ2n) is 3.72. The average molecular weight is 136 g/mol. The van der Waals surface area contributed by atoms with Crippen LogP contribution < -0.4 is 0 Å². The summed E-state index contributed by atoms with van der Waals surface area (Å²) >= 11 is 0. The largest absolute Gasteiger partial charge is 0.102 e. The summed E-state index contributed by atoms with van der Waals surface area (Å²) in [5.41, 5.74) is 0.441. The molecular formula is C10H16. The summed E-state index contributed by atoms with van der Waals surface area (Å²) in [6.07, 6.45) is 9.11. The molecule has 0 saturated carbocycles. The average Bonchev–Trinajstić information content (AvgIpc) is 1.87. The fourth-order valence-electron chi connectivity index (χ4n) is 1.52. The van der Waals surface area contributed by atoms with Crippen LogP contribution in [0, 0.1) is 11.3 Å². The summed E-state index contributed by atoms with van der Waals surface area (Å²) in [6, 6.07) is 0. The van der Waals surface area contributed by atoms with Crippen molar-refractivity contribution in [3.63, 3.8) is 0 Å². The Labute approximate surface area is 63.6 Å². The van der Waals surface area contributed by atoms with Crippen molar-refractivity contribution in [1.29, 1.82) is 0 Å². The minimum atomic E-state index is 0.441. The van der Waals surface area contributed by atoms with E-state index in [2.05, 4.69) is 38.7 Å². The molecule has 0 saturated heterocycles. The van der Waals surface area contributed by atoms with Crippen LogP contribution in [0.4, 0.5) is 0 Å². The van der Waals surface area contributed by atoms with Crippen molar-refractivity contribution >= 4 is 0 Å². The topological polar surface area (TPSA) is 0 Å². The third kappa shape index (κ3) is 1.31. The SMILES string of the molecule is C=CC1C=CCCC1(C)C. The van der Waals surface area contributed by atoms with Gasteiger partial charge in [0.05, 0.1) is 0 Å². The number of hydrogen-bond acceptors (Lipinski definition) is 0. The van der Waals surface area contributed by atoms with Crippen LogP contribution in [0.1, 0.15) is 26.7 Å². The molecule has 0 aromatic rings. The zero-order valence-corrected chi connectivity index (χ0v) is 6.93. The van der Waals surface area contributed by atoms with Gasteiger partial charge in [-0.3, -0.25) is 0 Å². The van der Waals surface area contributed by atoms with Crippen molar-refractivity contribution in [3.8, 4) is 0 Å². The van der Waals surface area contributed by atoms with E-state index in [4.69, 9.17) is 0 Å². The zero-order valence-electron chi connectivity index (χ0n) is 6.93. The monoisotopic (exact) mass is 136 g/mol. The lowest BCUT2D eigenvalue weighted by molar-refractivity contribution is 0.268. The zero-order chi connectivity index (χ0) is 7.61. The van der Waals surface area contributed by atoms with Crippen molar-refractivity contribution < 1.29 is 0 Å². The molecule has 0 radical (unpaired) electrons. The van der Waals surface area contributed by atoms with Gasteiger partial charge in [-0.05, 0) is 24.2 Å². The normalized spacial score (nSPS) is 30.0. The second-order valence-corrected chi connectivity index (χ2v) is 3.72. The fourth-order valence-corrected chi connectivity index (χ4v) is 1.52. The molecule has 0 bridgehead atoms. The van der Waals surface area contributed by atoms with Crippen LogP contribution in [0.3, 0.4) is 0 Å². The summed E-state index contributed by atoms with van der Waals surface area (Å²) in [5, 5.41) is 0. The van der Waals surface area contributed by atoms with Gasteiger partial charge in [-0.2, -0.15) is 0 Å². The summed E-state index contributed by atoms with van der Waals surface area (Å²) in [6.45, 7) is 8.45. The van der Waals surface area contributed by atoms with E-state index in [1.54, 1.807) is 0 Å². The third-order valence-electron chi connectivity index (χ3n) is 2.46. The minimum absolute atomic E-state index is 0.441. The predicted octanol–water partition coefficient (Wildman–Crippen LogP) is 3.16. The van der Waals surface area contributed by atoms with Gasteiger partial charge in [0, 0.05) is 0 Å². The van der Waals surface area contributed by atoms with Crippen LogP contribution in [0.25, 0.3) is 0 Å². The Morgan fingerprint density at radius 1 is 1.60 bits per heavy atom. The minimum Gasteiger partial charge on any atom is -0.102 e. The highest BCUT2D eigenvalue weighted by atomic mass is 14.3. The Hall–Kier alpha value is -0.520. The first kappa shape index (κ1) is 7.59. The fraction of sp³-hybridized carbons (Fsp3) is 0.600. The van der Waals surface area contributed by atoms with Crippen molar-refractivity contribution in [2.24, 2.45) is 11.3 Å². The molecule has 0 heteroatoms. The van der Waals surface area contributed by atoms with Crippen molar-refractivity contribution in [3.05, 3.63) is 24.8 Å². The van der Waals surface area contributed by atoms with Crippen molar-refractivity contribution in [2.45, 2.75) is 26.7 Å². The first-order valence-electron chi connectivity index (χ1n) is 3.96. The molecule has 0 spiro atoms. The first-order valence-corrected chi connectivity index (χ1v) is 3.96. The van der Waals surface area contributed by atoms with E-state index in [9.17, 15) is 0 Å². The molecule has 0 N–H and O–H groups in total. The standard InChI is InChI=1S/C10H16/c1-4-9-7-5-6-8-10(9,2)3/h4-5,7,9H,1,6,8H2,2-3H3. The van der Waals surface area contributed by atoms with E-state index in [0.29, 0.717) is 11.3 Å². The van der Waals surface area contributed by atoms with Crippen LogP contribution in [0.5, 0.6) is 0 Å². The Balaban J connectivity index is 2.75. The highest BCUT2D eigenvalue weighted by Gasteiger charge is 2.26. The molecule has 1 unspecified atom stereocenters. The highest BCUT2D eigenvalue weighted by molar-refractivity contribution is 5.07. The lowest BCUT2D eigenvalue weighted by Gasteiger charge is -2.32. The molecule has 56 valence electrons. The van der Waals surface area contributed by atoms with Gasteiger partial charge in [-0.15, -0.1) is 6.58 Å². The maximum atomic E-state index is 3.83. The molecule has 0 fully saturated rings. The van der Waals surface area contributed by atoms with Crippen molar-refractivity contribution in [2.75, 3.05) is 0 Å². The quantitative estimate of drug-likeness (QED) is 0.486. The van der Waals surface area contributed by atoms with Gasteiger partial charge in [0.25, 0.3) is 0 Å². The van der Waals surface area contributed by atoms with E-state index in [1.807, 2.05) is 0 Å². The molecule has 1 atom stereocenters. The van der Waals surface area contributed by atoms with Crippen LogP contribution in [0.15, 0.2) is 24.8 Å². The smallest absolute Gasteiger partial charge is 0.000481 e.